The molecule has 0 aliphatic carbocycles. The average molecular weight is 497 g/mol. The lowest BCUT2D eigenvalue weighted by molar-refractivity contribution is 0.0627. The van der Waals surface area contributed by atoms with Gasteiger partial charge in [-0.15, -0.1) is 11.3 Å². The highest BCUT2D eigenvalue weighted by molar-refractivity contribution is 7.13. The van der Waals surface area contributed by atoms with Crippen molar-refractivity contribution in [2.75, 3.05) is 31.5 Å². The maximum atomic E-state index is 13.2. The van der Waals surface area contributed by atoms with Gasteiger partial charge >= 0.3 is 0 Å². The summed E-state index contributed by atoms with van der Waals surface area (Å²) >= 11 is 1.67. The van der Waals surface area contributed by atoms with E-state index < -0.39 is 0 Å². The first-order valence-corrected chi connectivity index (χ1v) is 12.9. The molecule has 0 saturated carbocycles. The summed E-state index contributed by atoms with van der Waals surface area (Å²) in [7, 11) is 0. The Bertz CT molecular complexity index is 1350. The fourth-order valence-electron chi connectivity index (χ4n) is 4.29. The lowest BCUT2D eigenvalue weighted by atomic mass is 10.1. The molecule has 1 N–H and O–H groups in total. The third-order valence-corrected chi connectivity index (χ3v) is 7.33. The van der Waals surface area contributed by atoms with Gasteiger partial charge in [-0.25, -0.2) is 4.98 Å². The van der Waals surface area contributed by atoms with Gasteiger partial charge in [-0.3, -0.25) is 14.5 Å². The number of aromatic nitrogens is 1. The van der Waals surface area contributed by atoms with Gasteiger partial charge < -0.3 is 10.2 Å². The molecule has 4 aromatic rings. The molecule has 0 unspecified atom stereocenters. The van der Waals surface area contributed by atoms with Gasteiger partial charge in [0.05, 0.1) is 5.69 Å². The normalized spacial score (nSPS) is 14.0. The van der Waals surface area contributed by atoms with Crippen LogP contribution in [0.5, 0.6) is 0 Å². The molecular formula is C29H28N4O2S. The number of benzene rings is 3. The van der Waals surface area contributed by atoms with Gasteiger partial charge in [0, 0.05) is 60.5 Å². The first-order valence-electron chi connectivity index (χ1n) is 12.1. The summed E-state index contributed by atoms with van der Waals surface area (Å²) in [5, 5.41) is 6.11. The molecule has 1 aliphatic rings. The number of carbonyl (C=O) groups is 2. The van der Waals surface area contributed by atoms with E-state index in [0.29, 0.717) is 29.9 Å². The van der Waals surface area contributed by atoms with Crippen molar-refractivity contribution < 1.29 is 9.59 Å². The quantitative estimate of drug-likeness (QED) is 0.392. The highest BCUT2D eigenvalue weighted by Gasteiger charge is 2.23. The molecule has 1 saturated heterocycles. The van der Waals surface area contributed by atoms with Crippen LogP contribution in [0, 0.1) is 6.92 Å². The third kappa shape index (κ3) is 5.53. The minimum Gasteiger partial charge on any atom is -0.336 e. The maximum absolute atomic E-state index is 13.2. The second kappa shape index (κ2) is 10.8. The van der Waals surface area contributed by atoms with Crippen molar-refractivity contribution >= 4 is 28.8 Å². The predicted octanol–water partition coefficient (Wildman–Crippen LogP) is 5.33. The lowest BCUT2D eigenvalue weighted by Crippen LogP contribution is -2.48. The number of nitrogens with zero attached hydrogens (tertiary/aromatic N) is 3. The first kappa shape index (κ1) is 23.9. The molecule has 7 heteroatoms. The van der Waals surface area contributed by atoms with Crippen molar-refractivity contribution in [2.45, 2.75) is 13.5 Å². The molecule has 0 radical (unpaired) electrons. The number of anilines is 1. The number of amides is 2. The van der Waals surface area contributed by atoms with E-state index >= 15 is 0 Å². The number of hydrogen-bond acceptors (Lipinski definition) is 5. The van der Waals surface area contributed by atoms with E-state index in [4.69, 9.17) is 4.98 Å². The minimum absolute atomic E-state index is 0.00937. The van der Waals surface area contributed by atoms with Gasteiger partial charge in [0.15, 0.2) is 0 Å². The molecule has 5 rings (SSSR count). The number of thiazole rings is 1. The molecule has 0 bridgehead atoms. The zero-order valence-electron chi connectivity index (χ0n) is 20.2. The van der Waals surface area contributed by atoms with E-state index in [1.165, 1.54) is 0 Å². The molecule has 0 spiro atoms. The molecule has 1 fully saturated rings. The molecule has 6 nitrogen and oxygen atoms in total. The fourth-order valence-corrected chi connectivity index (χ4v) is 5.10. The monoisotopic (exact) mass is 496 g/mol. The van der Waals surface area contributed by atoms with E-state index in [9.17, 15) is 9.59 Å². The maximum Gasteiger partial charge on any atom is 0.255 e. The Morgan fingerprint density at radius 3 is 2.31 bits per heavy atom. The van der Waals surface area contributed by atoms with E-state index in [2.05, 4.69) is 27.7 Å². The van der Waals surface area contributed by atoms with Crippen LogP contribution < -0.4 is 5.32 Å². The largest absolute Gasteiger partial charge is 0.336 e. The zero-order valence-corrected chi connectivity index (χ0v) is 21.0. The second-order valence-corrected chi connectivity index (χ2v) is 9.79. The van der Waals surface area contributed by atoms with Gasteiger partial charge in [0.2, 0.25) is 0 Å². The summed E-state index contributed by atoms with van der Waals surface area (Å²) in [4.78, 5) is 34.9. The number of piperazine rings is 1. The van der Waals surface area contributed by atoms with Gasteiger partial charge in [0.25, 0.3) is 11.8 Å². The summed E-state index contributed by atoms with van der Waals surface area (Å²) in [5.41, 5.74) is 4.95. The molecule has 36 heavy (non-hydrogen) atoms. The van der Waals surface area contributed by atoms with Crippen LogP contribution >= 0.6 is 11.3 Å². The summed E-state index contributed by atoms with van der Waals surface area (Å²) in [6.45, 7) is 5.63. The SMILES string of the molecule is Cc1ccc(C(=O)N2CCN(Cc3csc(-c4ccccc4)n3)CC2)cc1NC(=O)c1ccccc1. The Hall–Kier alpha value is -3.81. The summed E-state index contributed by atoms with van der Waals surface area (Å²) in [6, 6.07) is 24.8. The van der Waals surface area contributed by atoms with Gasteiger partial charge in [0.1, 0.15) is 5.01 Å². The molecule has 3 aromatic carbocycles. The average Bonchev–Trinajstić information content (AvgIpc) is 3.39. The third-order valence-electron chi connectivity index (χ3n) is 6.39. The Kier molecular flexibility index (Phi) is 7.21. The highest BCUT2D eigenvalue weighted by atomic mass is 32.1. The van der Waals surface area contributed by atoms with Crippen molar-refractivity contribution in [3.63, 3.8) is 0 Å². The predicted molar refractivity (Wildman–Crippen MR) is 144 cm³/mol. The molecule has 1 aliphatic heterocycles. The number of aryl methyl sites for hydroxylation is 1. The van der Waals surface area contributed by atoms with Gasteiger partial charge in [-0.05, 0) is 36.8 Å². The second-order valence-electron chi connectivity index (χ2n) is 8.93. The van der Waals surface area contributed by atoms with Crippen LogP contribution in [-0.2, 0) is 6.54 Å². The van der Waals surface area contributed by atoms with Crippen LogP contribution in [0.15, 0.2) is 84.2 Å². The Morgan fingerprint density at radius 1 is 0.889 bits per heavy atom. The molecule has 2 heterocycles. The Balaban J connectivity index is 1.18. The van der Waals surface area contributed by atoms with Crippen molar-refractivity contribution in [2.24, 2.45) is 0 Å². The molecular weight excluding hydrogens is 468 g/mol. The Labute approximate surface area is 215 Å². The first-order chi connectivity index (χ1) is 17.6. The number of rotatable bonds is 6. The zero-order chi connectivity index (χ0) is 24.9. The van der Waals surface area contributed by atoms with E-state index in [1.54, 1.807) is 29.5 Å². The van der Waals surface area contributed by atoms with E-state index in [1.807, 2.05) is 60.4 Å². The van der Waals surface area contributed by atoms with Crippen LogP contribution in [0.1, 0.15) is 32.0 Å². The van der Waals surface area contributed by atoms with Gasteiger partial charge in [-0.1, -0.05) is 54.6 Å². The summed E-state index contributed by atoms with van der Waals surface area (Å²) < 4.78 is 0. The van der Waals surface area contributed by atoms with Gasteiger partial charge in [-0.2, -0.15) is 0 Å². The fraction of sp³-hybridized carbons (Fsp3) is 0.207. The number of carbonyl (C=O) groups excluding carboxylic acids is 2. The van der Waals surface area contributed by atoms with E-state index in [-0.39, 0.29) is 11.8 Å². The molecule has 1 aromatic heterocycles. The van der Waals surface area contributed by atoms with Crippen molar-refractivity contribution in [3.8, 4) is 10.6 Å². The molecule has 182 valence electrons. The molecule has 0 atom stereocenters. The Morgan fingerprint density at radius 2 is 1.58 bits per heavy atom. The molecule has 2 amide bonds. The summed E-state index contributed by atoms with van der Waals surface area (Å²) in [5.74, 6) is -0.195. The number of hydrogen-bond donors (Lipinski definition) is 1. The van der Waals surface area contributed by atoms with Crippen LogP contribution in [-0.4, -0.2) is 52.8 Å². The van der Waals surface area contributed by atoms with E-state index in [0.717, 1.165) is 41.5 Å². The topological polar surface area (TPSA) is 65.5 Å². The van der Waals surface area contributed by atoms with Crippen LogP contribution in [0.4, 0.5) is 5.69 Å². The number of nitrogens with one attached hydrogen (secondary N) is 1. The van der Waals surface area contributed by atoms with Crippen LogP contribution in [0.2, 0.25) is 0 Å². The minimum atomic E-state index is -0.186. The van der Waals surface area contributed by atoms with Crippen LogP contribution in [0.3, 0.4) is 0 Å². The summed E-state index contributed by atoms with van der Waals surface area (Å²) in [6.07, 6.45) is 0. The van der Waals surface area contributed by atoms with Crippen molar-refractivity contribution in [3.05, 3.63) is 107 Å². The smallest absolute Gasteiger partial charge is 0.255 e. The van der Waals surface area contributed by atoms with Crippen LogP contribution in [0.25, 0.3) is 10.6 Å². The van der Waals surface area contributed by atoms with Crippen molar-refractivity contribution in [1.29, 1.82) is 0 Å². The lowest BCUT2D eigenvalue weighted by Gasteiger charge is -2.34. The van der Waals surface area contributed by atoms with Crippen molar-refractivity contribution in [1.82, 2.24) is 14.8 Å². The highest BCUT2D eigenvalue weighted by Crippen LogP contribution is 2.24. The standard InChI is InChI=1S/C29H28N4O2S/c1-21-12-13-24(18-26(21)31-27(34)22-8-4-2-5-9-22)29(35)33-16-14-32(15-17-33)19-25-20-36-28(30-25)23-10-6-3-7-11-23/h2-13,18,20H,14-17,19H2,1H3,(H,31,34).